The van der Waals surface area contributed by atoms with Gasteiger partial charge in [-0.15, -0.1) is 0 Å². The molecule has 3 unspecified atom stereocenters. The Morgan fingerprint density at radius 1 is 1.62 bits per heavy atom. The SMILES string of the molecule is COC(=O)C(C)CN1CCC(C)C(CN)C1. The van der Waals surface area contributed by atoms with Gasteiger partial charge in [0.05, 0.1) is 13.0 Å². The van der Waals surface area contributed by atoms with E-state index in [9.17, 15) is 4.79 Å². The molecule has 0 radical (unpaired) electrons. The van der Waals surface area contributed by atoms with E-state index in [1.165, 1.54) is 13.5 Å². The van der Waals surface area contributed by atoms with Gasteiger partial charge in [-0.05, 0) is 31.3 Å². The van der Waals surface area contributed by atoms with Crippen LogP contribution in [0, 0.1) is 17.8 Å². The molecule has 1 aliphatic rings. The summed E-state index contributed by atoms with van der Waals surface area (Å²) in [6.07, 6.45) is 1.18. The van der Waals surface area contributed by atoms with Crippen LogP contribution in [0.4, 0.5) is 0 Å². The molecule has 0 aromatic heterocycles. The highest BCUT2D eigenvalue weighted by molar-refractivity contribution is 5.72. The number of likely N-dealkylation sites (tertiary alicyclic amines) is 1. The van der Waals surface area contributed by atoms with Crippen molar-refractivity contribution >= 4 is 5.97 Å². The van der Waals surface area contributed by atoms with E-state index >= 15 is 0 Å². The summed E-state index contributed by atoms with van der Waals surface area (Å²) in [5.41, 5.74) is 5.75. The highest BCUT2D eigenvalue weighted by Crippen LogP contribution is 2.22. The van der Waals surface area contributed by atoms with Gasteiger partial charge in [-0.3, -0.25) is 4.79 Å². The van der Waals surface area contributed by atoms with Crippen molar-refractivity contribution in [1.29, 1.82) is 0 Å². The van der Waals surface area contributed by atoms with Gasteiger partial charge in [0.15, 0.2) is 0 Å². The maximum atomic E-state index is 11.3. The van der Waals surface area contributed by atoms with Gasteiger partial charge in [-0.2, -0.15) is 0 Å². The van der Waals surface area contributed by atoms with Crippen LogP contribution in [0.15, 0.2) is 0 Å². The van der Waals surface area contributed by atoms with Crippen molar-refractivity contribution in [3.8, 4) is 0 Å². The molecule has 94 valence electrons. The van der Waals surface area contributed by atoms with E-state index in [1.54, 1.807) is 0 Å². The lowest BCUT2D eigenvalue weighted by atomic mass is 9.87. The highest BCUT2D eigenvalue weighted by atomic mass is 16.5. The van der Waals surface area contributed by atoms with Crippen molar-refractivity contribution in [2.75, 3.05) is 33.3 Å². The highest BCUT2D eigenvalue weighted by Gasteiger charge is 2.27. The number of esters is 1. The Labute approximate surface area is 98.1 Å². The number of methoxy groups -OCH3 is 1. The first-order chi connectivity index (χ1) is 7.58. The number of carbonyl (C=O) groups is 1. The fourth-order valence-corrected chi connectivity index (χ4v) is 2.36. The molecule has 1 saturated heterocycles. The molecule has 0 aromatic rings. The van der Waals surface area contributed by atoms with Gasteiger partial charge < -0.3 is 15.4 Å². The first kappa shape index (κ1) is 13.5. The second-order valence-electron chi connectivity index (χ2n) is 4.95. The van der Waals surface area contributed by atoms with Gasteiger partial charge in [0, 0.05) is 13.1 Å². The van der Waals surface area contributed by atoms with Crippen molar-refractivity contribution in [2.45, 2.75) is 20.3 Å². The van der Waals surface area contributed by atoms with Gasteiger partial charge in [0.1, 0.15) is 0 Å². The maximum absolute atomic E-state index is 11.3. The predicted octanol–water partition coefficient (Wildman–Crippen LogP) is 0.712. The van der Waals surface area contributed by atoms with E-state index in [1.807, 2.05) is 6.92 Å². The Hall–Kier alpha value is -0.610. The molecule has 0 aliphatic carbocycles. The van der Waals surface area contributed by atoms with E-state index in [4.69, 9.17) is 10.5 Å². The van der Waals surface area contributed by atoms with Gasteiger partial charge in [0.2, 0.25) is 0 Å². The molecular weight excluding hydrogens is 204 g/mol. The molecule has 4 nitrogen and oxygen atoms in total. The number of ether oxygens (including phenoxy) is 1. The molecule has 0 amide bonds. The zero-order chi connectivity index (χ0) is 12.1. The van der Waals surface area contributed by atoms with Crippen LogP contribution in [0.3, 0.4) is 0 Å². The molecule has 4 heteroatoms. The third-order valence-electron chi connectivity index (χ3n) is 3.64. The maximum Gasteiger partial charge on any atom is 0.309 e. The quantitative estimate of drug-likeness (QED) is 0.720. The van der Waals surface area contributed by atoms with Crippen LogP contribution in [0.2, 0.25) is 0 Å². The topological polar surface area (TPSA) is 55.6 Å². The lowest BCUT2D eigenvalue weighted by Gasteiger charge is -2.37. The summed E-state index contributed by atoms with van der Waals surface area (Å²) in [4.78, 5) is 13.7. The number of nitrogens with two attached hydrogens (primary N) is 1. The molecule has 2 N–H and O–H groups in total. The number of piperidine rings is 1. The minimum atomic E-state index is -0.122. The number of hydrogen-bond donors (Lipinski definition) is 1. The van der Waals surface area contributed by atoms with Crippen LogP contribution >= 0.6 is 0 Å². The second kappa shape index (κ2) is 6.21. The van der Waals surface area contributed by atoms with Gasteiger partial charge in [-0.25, -0.2) is 0 Å². The first-order valence-electron chi connectivity index (χ1n) is 6.08. The minimum absolute atomic E-state index is 0.0446. The molecule has 0 spiro atoms. The number of hydrogen-bond acceptors (Lipinski definition) is 4. The average Bonchev–Trinajstić information content (AvgIpc) is 2.30. The number of nitrogens with zero attached hydrogens (tertiary/aromatic N) is 1. The standard InChI is InChI=1S/C12H24N2O2/c1-9-4-5-14(8-11(9)6-13)7-10(2)12(15)16-3/h9-11H,4-8,13H2,1-3H3. The predicted molar refractivity (Wildman–Crippen MR) is 63.9 cm³/mol. The van der Waals surface area contributed by atoms with Crippen LogP contribution in [-0.2, 0) is 9.53 Å². The summed E-state index contributed by atoms with van der Waals surface area (Å²) < 4.78 is 4.74. The van der Waals surface area contributed by atoms with Gasteiger partial charge >= 0.3 is 5.97 Å². The first-order valence-corrected chi connectivity index (χ1v) is 6.08. The zero-order valence-electron chi connectivity index (χ0n) is 10.6. The third-order valence-corrected chi connectivity index (χ3v) is 3.64. The van der Waals surface area contributed by atoms with Crippen LogP contribution < -0.4 is 5.73 Å². The van der Waals surface area contributed by atoms with Crippen LogP contribution in [0.1, 0.15) is 20.3 Å². The van der Waals surface area contributed by atoms with Gasteiger partial charge in [-0.1, -0.05) is 13.8 Å². The number of rotatable bonds is 4. The molecule has 1 rings (SSSR count). The molecule has 0 aromatic carbocycles. The van der Waals surface area contributed by atoms with Crippen molar-refractivity contribution in [3.05, 3.63) is 0 Å². The fourth-order valence-electron chi connectivity index (χ4n) is 2.36. The summed E-state index contributed by atoms with van der Waals surface area (Å²) in [6.45, 7) is 7.79. The van der Waals surface area contributed by atoms with E-state index in [-0.39, 0.29) is 11.9 Å². The van der Waals surface area contributed by atoms with Crippen molar-refractivity contribution in [2.24, 2.45) is 23.5 Å². The van der Waals surface area contributed by atoms with E-state index in [2.05, 4.69) is 11.8 Å². The third kappa shape index (κ3) is 3.46. The Morgan fingerprint density at radius 2 is 2.31 bits per heavy atom. The molecule has 16 heavy (non-hydrogen) atoms. The van der Waals surface area contributed by atoms with Crippen molar-refractivity contribution < 1.29 is 9.53 Å². The summed E-state index contributed by atoms with van der Waals surface area (Å²) in [6, 6.07) is 0. The van der Waals surface area contributed by atoms with Crippen LogP contribution in [-0.4, -0.2) is 44.2 Å². The molecule has 0 bridgehead atoms. The van der Waals surface area contributed by atoms with E-state index in [0.29, 0.717) is 11.8 Å². The molecule has 3 atom stereocenters. The minimum Gasteiger partial charge on any atom is -0.469 e. The van der Waals surface area contributed by atoms with E-state index < -0.39 is 0 Å². The lowest BCUT2D eigenvalue weighted by Crippen LogP contribution is -2.45. The van der Waals surface area contributed by atoms with Crippen LogP contribution in [0.5, 0.6) is 0 Å². The summed E-state index contributed by atoms with van der Waals surface area (Å²) in [5.74, 6) is 1.10. The zero-order valence-corrected chi connectivity index (χ0v) is 10.6. The largest absolute Gasteiger partial charge is 0.469 e. The summed E-state index contributed by atoms with van der Waals surface area (Å²) in [5, 5.41) is 0. The second-order valence-corrected chi connectivity index (χ2v) is 4.95. The number of carbonyl (C=O) groups excluding carboxylic acids is 1. The van der Waals surface area contributed by atoms with E-state index in [0.717, 1.165) is 26.2 Å². The summed E-state index contributed by atoms with van der Waals surface area (Å²) in [7, 11) is 1.44. The Bertz CT molecular complexity index is 233. The molecular formula is C12H24N2O2. The normalized spacial score (nSPS) is 28.8. The van der Waals surface area contributed by atoms with Crippen molar-refractivity contribution in [1.82, 2.24) is 4.90 Å². The Kier molecular flexibility index (Phi) is 5.22. The fraction of sp³-hybridized carbons (Fsp3) is 0.917. The molecule has 1 heterocycles. The Balaban J connectivity index is 2.41. The lowest BCUT2D eigenvalue weighted by molar-refractivity contribution is -0.145. The average molecular weight is 228 g/mol. The van der Waals surface area contributed by atoms with Gasteiger partial charge in [0.25, 0.3) is 0 Å². The monoisotopic (exact) mass is 228 g/mol. The van der Waals surface area contributed by atoms with Crippen molar-refractivity contribution in [3.63, 3.8) is 0 Å². The smallest absolute Gasteiger partial charge is 0.309 e. The Morgan fingerprint density at radius 3 is 2.88 bits per heavy atom. The molecule has 0 saturated carbocycles. The van der Waals surface area contributed by atoms with Crippen LogP contribution in [0.25, 0.3) is 0 Å². The molecule has 1 fully saturated rings. The molecule has 1 aliphatic heterocycles. The summed E-state index contributed by atoms with van der Waals surface area (Å²) >= 11 is 0.